The first-order chi connectivity index (χ1) is 15.0. The lowest BCUT2D eigenvalue weighted by Crippen LogP contribution is -2.41. The maximum Gasteiger partial charge on any atom is 0.331 e. The number of halogens is 1. The van der Waals surface area contributed by atoms with Crippen LogP contribution in [-0.2, 0) is 17.9 Å². The Morgan fingerprint density at radius 3 is 2.52 bits per heavy atom. The number of anilines is 2. The second-order valence-corrected chi connectivity index (χ2v) is 7.69. The van der Waals surface area contributed by atoms with Crippen LogP contribution in [0.15, 0.2) is 52.1 Å². The maximum absolute atomic E-state index is 13.9. The first kappa shape index (κ1) is 20.8. The van der Waals surface area contributed by atoms with Crippen LogP contribution in [0.5, 0.6) is 0 Å². The number of fused-ring (bicyclic) bond motifs is 1. The van der Waals surface area contributed by atoms with Gasteiger partial charge in [0, 0.05) is 19.6 Å². The molecule has 1 aliphatic rings. The zero-order chi connectivity index (χ0) is 22.0. The molecule has 0 spiro atoms. The van der Waals surface area contributed by atoms with Gasteiger partial charge < -0.3 is 10.2 Å². The summed E-state index contributed by atoms with van der Waals surface area (Å²) in [4.78, 5) is 40.5. The number of hydrogen-bond donors (Lipinski definition) is 1. The number of carbonyl (C=O) groups is 1. The van der Waals surface area contributed by atoms with Crippen molar-refractivity contribution in [3.63, 3.8) is 0 Å². The number of amides is 1. The molecule has 0 saturated carbocycles. The minimum Gasteiger partial charge on any atom is -0.370 e. The molecule has 1 fully saturated rings. The van der Waals surface area contributed by atoms with Gasteiger partial charge in [-0.05, 0) is 56.5 Å². The molecule has 4 rings (SSSR count). The molecule has 0 radical (unpaired) electrons. The molecule has 8 heteroatoms. The van der Waals surface area contributed by atoms with Gasteiger partial charge in [-0.15, -0.1) is 0 Å². The maximum atomic E-state index is 13.9. The fourth-order valence-corrected chi connectivity index (χ4v) is 4.15. The third-order valence-corrected chi connectivity index (χ3v) is 5.68. The third-order valence-electron chi connectivity index (χ3n) is 5.68. The van der Waals surface area contributed by atoms with Crippen molar-refractivity contribution in [3.05, 3.63) is 69.1 Å². The predicted molar refractivity (Wildman–Crippen MR) is 119 cm³/mol. The van der Waals surface area contributed by atoms with Crippen molar-refractivity contribution in [2.75, 3.05) is 23.3 Å². The largest absolute Gasteiger partial charge is 0.370 e. The Labute approximate surface area is 178 Å². The summed E-state index contributed by atoms with van der Waals surface area (Å²) in [6.07, 6.45) is 3.25. The lowest BCUT2D eigenvalue weighted by Gasteiger charge is -2.30. The van der Waals surface area contributed by atoms with Gasteiger partial charge in [-0.3, -0.25) is 18.7 Å². The molecular weight excluding hydrogens is 399 g/mol. The van der Waals surface area contributed by atoms with Gasteiger partial charge in [-0.2, -0.15) is 0 Å². The highest BCUT2D eigenvalue weighted by molar-refractivity contribution is 5.95. The molecule has 1 aromatic heterocycles. The van der Waals surface area contributed by atoms with E-state index in [0.29, 0.717) is 16.6 Å². The summed E-state index contributed by atoms with van der Waals surface area (Å²) in [7, 11) is 0. The fraction of sp³-hybridized carbons (Fsp3) is 0.348. The average molecular weight is 424 g/mol. The van der Waals surface area contributed by atoms with Crippen molar-refractivity contribution in [1.29, 1.82) is 0 Å². The lowest BCUT2D eigenvalue weighted by atomic mass is 10.1. The van der Waals surface area contributed by atoms with Crippen molar-refractivity contribution < 1.29 is 9.18 Å². The first-order valence-corrected chi connectivity index (χ1v) is 10.6. The van der Waals surface area contributed by atoms with Crippen molar-refractivity contribution in [1.82, 2.24) is 9.13 Å². The number of nitrogens with one attached hydrogen (secondary N) is 1. The van der Waals surface area contributed by atoms with Gasteiger partial charge in [0.1, 0.15) is 12.4 Å². The Balaban J connectivity index is 1.68. The molecule has 0 unspecified atom stereocenters. The molecule has 1 saturated heterocycles. The Morgan fingerprint density at radius 2 is 1.77 bits per heavy atom. The minimum absolute atomic E-state index is 0.202. The predicted octanol–water partition coefficient (Wildman–Crippen LogP) is 2.95. The monoisotopic (exact) mass is 424 g/mol. The van der Waals surface area contributed by atoms with Crippen LogP contribution in [-0.4, -0.2) is 28.1 Å². The number of hydrogen-bond acceptors (Lipinski definition) is 4. The lowest BCUT2D eigenvalue weighted by molar-refractivity contribution is -0.116. The van der Waals surface area contributed by atoms with Gasteiger partial charge in [0.15, 0.2) is 0 Å². The van der Waals surface area contributed by atoms with Gasteiger partial charge in [-0.25, -0.2) is 9.18 Å². The molecular formula is C23H25FN4O3. The summed E-state index contributed by atoms with van der Waals surface area (Å²) in [6, 6.07) is 11.1. The summed E-state index contributed by atoms with van der Waals surface area (Å²) in [6.45, 7) is 3.32. The van der Waals surface area contributed by atoms with E-state index in [2.05, 4.69) is 10.2 Å². The molecule has 7 nitrogen and oxygen atoms in total. The molecule has 0 bridgehead atoms. The van der Waals surface area contributed by atoms with Crippen molar-refractivity contribution in [2.45, 2.75) is 39.3 Å². The molecule has 1 N–H and O–H groups in total. The molecule has 0 aliphatic carbocycles. The van der Waals surface area contributed by atoms with Crippen molar-refractivity contribution >= 4 is 28.2 Å². The highest BCUT2D eigenvalue weighted by Gasteiger charge is 2.18. The summed E-state index contributed by atoms with van der Waals surface area (Å²) >= 11 is 0. The van der Waals surface area contributed by atoms with Gasteiger partial charge in [-0.1, -0.05) is 12.1 Å². The SMILES string of the molecule is CCn1c(=O)c2ccccc2n(CC(=O)Nc2cc(F)ccc2N2CCCCC2)c1=O. The number of para-hydroxylation sites is 1. The summed E-state index contributed by atoms with van der Waals surface area (Å²) in [5.74, 6) is -0.907. The molecule has 3 aromatic rings. The molecule has 0 atom stereocenters. The van der Waals surface area contributed by atoms with E-state index in [0.717, 1.165) is 42.6 Å². The van der Waals surface area contributed by atoms with Gasteiger partial charge in [0.05, 0.1) is 22.3 Å². The van der Waals surface area contributed by atoms with Gasteiger partial charge in [0.25, 0.3) is 5.56 Å². The number of aromatic nitrogens is 2. The molecule has 1 aliphatic heterocycles. The quantitative estimate of drug-likeness (QED) is 0.683. The van der Waals surface area contributed by atoms with E-state index in [1.165, 1.54) is 16.7 Å². The summed E-state index contributed by atoms with van der Waals surface area (Å²) in [5, 5.41) is 3.15. The van der Waals surface area contributed by atoms with E-state index in [1.54, 1.807) is 37.3 Å². The molecule has 162 valence electrons. The zero-order valence-electron chi connectivity index (χ0n) is 17.4. The van der Waals surface area contributed by atoms with E-state index in [9.17, 15) is 18.8 Å². The fourth-order valence-electron chi connectivity index (χ4n) is 4.15. The number of piperidine rings is 1. The number of benzene rings is 2. The standard InChI is InChI=1S/C23H25FN4O3/c1-2-27-22(30)17-8-4-5-9-19(17)28(23(27)31)15-21(29)25-18-14-16(24)10-11-20(18)26-12-6-3-7-13-26/h4-5,8-11,14H,2-3,6-7,12-13,15H2,1H3,(H,25,29). The van der Waals surface area contributed by atoms with Crippen LogP contribution in [0, 0.1) is 5.82 Å². The van der Waals surface area contributed by atoms with Crippen molar-refractivity contribution in [3.8, 4) is 0 Å². The Kier molecular flexibility index (Phi) is 5.88. The first-order valence-electron chi connectivity index (χ1n) is 10.6. The van der Waals surface area contributed by atoms with Crippen LogP contribution >= 0.6 is 0 Å². The number of rotatable bonds is 5. The van der Waals surface area contributed by atoms with E-state index >= 15 is 0 Å². The minimum atomic E-state index is -0.545. The van der Waals surface area contributed by atoms with Crippen LogP contribution in [0.4, 0.5) is 15.8 Å². The van der Waals surface area contributed by atoms with Crippen LogP contribution in [0.25, 0.3) is 10.9 Å². The zero-order valence-corrected chi connectivity index (χ0v) is 17.4. The number of carbonyl (C=O) groups excluding carboxylic acids is 1. The third kappa shape index (κ3) is 4.10. The van der Waals surface area contributed by atoms with Gasteiger partial charge >= 0.3 is 5.69 Å². The smallest absolute Gasteiger partial charge is 0.331 e. The summed E-state index contributed by atoms with van der Waals surface area (Å²) < 4.78 is 16.3. The van der Waals surface area contributed by atoms with Gasteiger partial charge in [0.2, 0.25) is 5.91 Å². The van der Waals surface area contributed by atoms with Crippen LogP contribution in [0.3, 0.4) is 0 Å². The molecule has 2 aromatic carbocycles. The average Bonchev–Trinajstić information content (AvgIpc) is 2.78. The number of nitrogens with zero attached hydrogens (tertiary/aromatic N) is 3. The Hall–Kier alpha value is -3.42. The Bertz CT molecular complexity index is 1240. The highest BCUT2D eigenvalue weighted by Crippen LogP contribution is 2.29. The van der Waals surface area contributed by atoms with Crippen LogP contribution in [0.1, 0.15) is 26.2 Å². The highest BCUT2D eigenvalue weighted by atomic mass is 19.1. The topological polar surface area (TPSA) is 76.3 Å². The second-order valence-electron chi connectivity index (χ2n) is 7.69. The normalized spacial score (nSPS) is 14.1. The van der Waals surface area contributed by atoms with Crippen molar-refractivity contribution in [2.24, 2.45) is 0 Å². The van der Waals surface area contributed by atoms with Crippen LogP contribution in [0.2, 0.25) is 0 Å². The summed E-state index contributed by atoms with van der Waals surface area (Å²) in [5.41, 5.74) is 0.625. The Morgan fingerprint density at radius 1 is 1.03 bits per heavy atom. The van der Waals surface area contributed by atoms with E-state index in [-0.39, 0.29) is 18.6 Å². The van der Waals surface area contributed by atoms with E-state index < -0.39 is 17.4 Å². The van der Waals surface area contributed by atoms with Crippen LogP contribution < -0.4 is 21.5 Å². The second kappa shape index (κ2) is 8.75. The molecule has 2 heterocycles. The van der Waals surface area contributed by atoms with E-state index in [1.807, 2.05) is 0 Å². The molecule has 31 heavy (non-hydrogen) atoms. The molecule has 1 amide bonds. The van der Waals surface area contributed by atoms with E-state index in [4.69, 9.17) is 0 Å².